The Morgan fingerprint density at radius 1 is 1.43 bits per heavy atom. The Labute approximate surface area is 131 Å². The molecule has 21 heavy (non-hydrogen) atoms. The van der Waals surface area contributed by atoms with Crippen molar-refractivity contribution in [2.45, 2.75) is 12.3 Å². The van der Waals surface area contributed by atoms with Gasteiger partial charge in [0.2, 0.25) is 5.95 Å². The fourth-order valence-electron chi connectivity index (χ4n) is 2.44. The summed E-state index contributed by atoms with van der Waals surface area (Å²) in [5.41, 5.74) is 5.80. The molecule has 2 aromatic heterocycles. The molecule has 3 rings (SSSR count). The summed E-state index contributed by atoms with van der Waals surface area (Å²) in [6.45, 7) is 2.63. The molecule has 9 heteroatoms. The molecule has 0 bridgehead atoms. The molecule has 1 fully saturated rings. The molecule has 1 saturated heterocycles. The quantitative estimate of drug-likeness (QED) is 0.883. The molecule has 0 aliphatic carbocycles. The average Bonchev–Trinajstić information content (AvgIpc) is 2.77. The molecule has 3 heterocycles. The van der Waals surface area contributed by atoms with Crippen molar-refractivity contribution in [3.8, 4) is 0 Å². The molecule has 114 valence electrons. The molecule has 0 radical (unpaired) electrons. The second kappa shape index (κ2) is 5.29. The van der Waals surface area contributed by atoms with E-state index in [0.29, 0.717) is 18.1 Å². The van der Waals surface area contributed by atoms with Gasteiger partial charge in [-0.25, -0.2) is 13.4 Å². The van der Waals surface area contributed by atoms with Crippen molar-refractivity contribution in [3.63, 3.8) is 0 Å². The fourth-order valence-corrected chi connectivity index (χ4v) is 6.14. The van der Waals surface area contributed by atoms with Crippen molar-refractivity contribution in [2.75, 3.05) is 34.9 Å². The monoisotopic (exact) mass is 344 g/mol. The van der Waals surface area contributed by atoms with Crippen molar-refractivity contribution >= 4 is 54.9 Å². The van der Waals surface area contributed by atoms with Crippen LogP contribution in [0.3, 0.4) is 0 Å². The fraction of sp³-hybridized carbons (Fsp3) is 0.500. The van der Waals surface area contributed by atoms with Gasteiger partial charge in [-0.1, -0.05) is 0 Å². The normalized spacial score (nSPS) is 20.1. The second-order valence-corrected chi connectivity index (χ2v) is 9.62. The van der Waals surface area contributed by atoms with Crippen molar-refractivity contribution in [3.05, 3.63) is 10.9 Å². The molecule has 1 atom stereocenters. The summed E-state index contributed by atoms with van der Waals surface area (Å²) in [5.74, 6) is 2.25. The second-order valence-electron chi connectivity index (χ2n) is 5.03. The predicted molar refractivity (Wildman–Crippen MR) is 89.9 cm³/mol. The third kappa shape index (κ3) is 2.82. The number of nitrogen functional groups attached to an aromatic ring is 1. The number of aromatic nitrogens is 2. The summed E-state index contributed by atoms with van der Waals surface area (Å²) in [6, 6.07) is 2.00. The zero-order chi connectivity index (χ0) is 15.2. The smallest absolute Gasteiger partial charge is 0.223 e. The minimum Gasteiger partial charge on any atom is -0.368 e. The van der Waals surface area contributed by atoms with Crippen LogP contribution < -0.4 is 10.6 Å². The summed E-state index contributed by atoms with van der Waals surface area (Å²) in [6.07, 6.45) is 1.27. The van der Waals surface area contributed by atoms with Gasteiger partial charge in [-0.2, -0.15) is 16.7 Å². The van der Waals surface area contributed by atoms with Crippen molar-refractivity contribution in [1.82, 2.24) is 9.97 Å². The highest BCUT2D eigenvalue weighted by Crippen LogP contribution is 2.34. The Morgan fingerprint density at radius 3 is 2.90 bits per heavy atom. The number of sulfone groups is 1. The molecular weight excluding hydrogens is 328 g/mol. The molecule has 0 spiro atoms. The molecule has 0 saturated carbocycles. The maximum absolute atomic E-state index is 12.1. The van der Waals surface area contributed by atoms with Gasteiger partial charge < -0.3 is 10.6 Å². The number of thiophene rings is 1. The van der Waals surface area contributed by atoms with Crippen LogP contribution in [0.5, 0.6) is 0 Å². The van der Waals surface area contributed by atoms with Crippen LogP contribution in [0.2, 0.25) is 0 Å². The summed E-state index contributed by atoms with van der Waals surface area (Å²) < 4.78 is 24.1. The first kappa shape index (κ1) is 14.9. The number of anilines is 2. The molecule has 0 amide bonds. The van der Waals surface area contributed by atoms with E-state index in [0.717, 1.165) is 20.8 Å². The van der Waals surface area contributed by atoms with E-state index in [2.05, 4.69) is 9.97 Å². The average molecular weight is 344 g/mol. The lowest BCUT2D eigenvalue weighted by molar-refractivity contribution is 0.584. The van der Waals surface area contributed by atoms with E-state index in [1.54, 1.807) is 23.1 Å². The number of aryl methyl sites for hydroxylation is 1. The van der Waals surface area contributed by atoms with E-state index in [4.69, 9.17) is 5.73 Å². The topological polar surface area (TPSA) is 89.2 Å². The highest BCUT2D eigenvalue weighted by atomic mass is 32.2. The van der Waals surface area contributed by atoms with Crippen molar-refractivity contribution in [2.24, 2.45) is 0 Å². The number of hydrogen-bond donors (Lipinski definition) is 1. The molecule has 6 nitrogen and oxygen atoms in total. The van der Waals surface area contributed by atoms with E-state index >= 15 is 0 Å². The number of rotatable bonds is 2. The number of nitrogens with zero attached hydrogens (tertiary/aromatic N) is 3. The Hall–Kier alpha value is -1.06. The lowest BCUT2D eigenvalue weighted by Gasteiger charge is -2.35. The first-order chi connectivity index (χ1) is 9.86. The minimum atomic E-state index is -3.19. The van der Waals surface area contributed by atoms with E-state index in [1.165, 1.54) is 6.26 Å². The SMILES string of the molecule is Cc1cc2c(N3CCSCC3S(C)(=O)=O)nc(N)nc2s1. The van der Waals surface area contributed by atoms with E-state index in [1.807, 2.05) is 17.9 Å². The zero-order valence-corrected chi connectivity index (χ0v) is 14.2. The van der Waals surface area contributed by atoms with Crippen LogP contribution in [0.25, 0.3) is 10.2 Å². The summed E-state index contributed by atoms with van der Waals surface area (Å²) in [4.78, 5) is 12.3. The third-order valence-electron chi connectivity index (χ3n) is 3.36. The molecule has 1 unspecified atom stereocenters. The Balaban J connectivity index is 2.17. The minimum absolute atomic E-state index is 0.185. The highest BCUT2D eigenvalue weighted by Gasteiger charge is 2.33. The summed E-state index contributed by atoms with van der Waals surface area (Å²) in [5, 5.41) is 0.321. The van der Waals surface area contributed by atoms with Gasteiger partial charge in [-0.05, 0) is 13.0 Å². The van der Waals surface area contributed by atoms with Crippen LogP contribution >= 0.6 is 23.1 Å². The van der Waals surface area contributed by atoms with Crippen LogP contribution in [0.1, 0.15) is 4.88 Å². The number of thioether (sulfide) groups is 1. The van der Waals surface area contributed by atoms with E-state index in [-0.39, 0.29) is 5.95 Å². The standard InChI is InChI=1S/C12H16N4O2S3/c1-7-5-8-10(14-12(13)15-11(8)20-7)16-3-4-19-6-9(16)21(2,17)18/h5,9H,3-4,6H2,1-2H3,(H2,13,14,15). The lowest BCUT2D eigenvalue weighted by atomic mass is 10.3. The predicted octanol–water partition coefficient (Wildman–Crippen LogP) is 1.51. The van der Waals surface area contributed by atoms with Crippen molar-refractivity contribution in [1.29, 1.82) is 0 Å². The van der Waals surface area contributed by atoms with Crippen LogP contribution in [-0.2, 0) is 9.84 Å². The van der Waals surface area contributed by atoms with Gasteiger partial charge in [0.05, 0.1) is 5.39 Å². The van der Waals surface area contributed by atoms with Gasteiger partial charge >= 0.3 is 0 Å². The molecule has 1 aliphatic rings. The molecule has 1 aliphatic heterocycles. The molecule has 2 N–H and O–H groups in total. The molecule has 2 aromatic rings. The van der Waals surface area contributed by atoms with E-state index in [9.17, 15) is 8.42 Å². The van der Waals surface area contributed by atoms with Crippen LogP contribution in [0.4, 0.5) is 11.8 Å². The third-order valence-corrected chi connectivity index (χ3v) is 6.95. The van der Waals surface area contributed by atoms with E-state index < -0.39 is 15.2 Å². The maximum Gasteiger partial charge on any atom is 0.223 e. The molecular formula is C12H16N4O2S3. The van der Waals surface area contributed by atoms with Crippen LogP contribution in [-0.4, -0.2) is 48.1 Å². The van der Waals surface area contributed by atoms with Gasteiger partial charge in [0, 0.05) is 29.2 Å². The Bertz CT molecular complexity index is 787. The largest absolute Gasteiger partial charge is 0.368 e. The van der Waals surface area contributed by atoms with Gasteiger partial charge in [0.25, 0.3) is 0 Å². The van der Waals surface area contributed by atoms with Gasteiger partial charge in [0.15, 0.2) is 9.84 Å². The Morgan fingerprint density at radius 2 is 2.19 bits per heavy atom. The van der Waals surface area contributed by atoms with Gasteiger partial charge in [-0.3, -0.25) is 0 Å². The van der Waals surface area contributed by atoms with Crippen LogP contribution in [0.15, 0.2) is 6.07 Å². The zero-order valence-electron chi connectivity index (χ0n) is 11.7. The molecule has 0 aromatic carbocycles. The van der Waals surface area contributed by atoms with Gasteiger partial charge in [-0.15, -0.1) is 11.3 Å². The lowest BCUT2D eigenvalue weighted by Crippen LogP contribution is -2.47. The summed E-state index contributed by atoms with van der Waals surface area (Å²) in [7, 11) is -3.19. The summed E-state index contributed by atoms with van der Waals surface area (Å²) >= 11 is 3.19. The number of fused-ring (bicyclic) bond motifs is 1. The first-order valence-corrected chi connectivity index (χ1v) is 10.4. The number of nitrogens with two attached hydrogens (primary N) is 1. The van der Waals surface area contributed by atoms with Crippen LogP contribution in [0, 0.1) is 6.92 Å². The maximum atomic E-state index is 12.1. The Kier molecular flexibility index (Phi) is 3.74. The number of hydrogen-bond acceptors (Lipinski definition) is 8. The van der Waals surface area contributed by atoms with Crippen molar-refractivity contribution < 1.29 is 8.42 Å². The highest BCUT2D eigenvalue weighted by molar-refractivity contribution is 8.01. The van der Waals surface area contributed by atoms with Gasteiger partial charge in [0.1, 0.15) is 16.0 Å². The first-order valence-electron chi connectivity index (χ1n) is 6.43.